The molecule has 1 aromatic rings. The minimum atomic E-state index is -3.72. The van der Waals surface area contributed by atoms with Crippen LogP contribution in [0.3, 0.4) is 0 Å². The van der Waals surface area contributed by atoms with Crippen LogP contribution in [0.15, 0.2) is 18.2 Å². The van der Waals surface area contributed by atoms with Gasteiger partial charge in [0, 0.05) is 19.2 Å². The second-order valence-corrected chi connectivity index (χ2v) is 6.43. The number of halogens is 1. The zero-order valence-corrected chi connectivity index (χ0v) is 13.4. The van der Waals surface area contributed by atoms with Crippen LogP contribution in [-0.4, -0.2) is 63.4 Å². The van der Waals surface area contributed by atoms with Crippen LogP contribution in [-0.2, 0) is 19.6 Å². The molecule has 23 heavy (non-hydrogen) atoms. The Bertz CT molecular complexity index is 692. The molecular formula is C13H17FN2O6S. The number of amides is 1. The van der Waals surface area contributed by atoms with Gasteiger partial charge >= 0.3 is 5.97 Å². The molecule has 1 aromatic carbocycles. The number of aliphatic carboxylic acids is 1. The van der Waals surface area contributed by atoms with E-state index in [1.807, 2.05) is 4.72 Å². The number of hydrogen-bond donors (Lipinski definition) is 2. The number of anilines is 1. The van der Waals surface area contributed by atoms with Crippen molar-refractivity contribution in [1.82, 2.24) is 4.90 Å². The normalized spacial score (nSPS) is 11.1. The summed E-state index contributed by atoms with van der Waals surface area (Å²) in [5, 5.41) is 8.84. The lowest BCUT2D eigenvalue weighted by Crippen LogP contribution is -2.38. The number of carbonyl (C=O) groups excluding carboxylic acids is 1. The molecule has 0 saturated heterocycles. The van der Waals surface area contributed by atoms with Crippen molar-refractivity contribution in [3.05, 3.63) is 29.6 Å². The number of carboxylic acid groups (broad SMARTS) is 1. The van der Waals surface area contributed by atoms with Crippen LogP contribution < -0.4 is 4.72 Å². The molecule has 0 fully saturated rings. The maximum absolute atomic E-state index is 13.6. The van der Waals surface area contributed by atoms with E-state index in [4.69, 9.17) is 9.84 Å². The average molecular weight is 348 g/mol. The number of rotatable bonds is 8. The summed E-state index contributed by atoms with van der Waals surface area (Å²) in [5.41, 5.74) is -0.435. The van der Waals surface area contributed by atoms with Crippen LogP contribution in [0, 0.1) is 5.82 Å². The van der Waals surface area contributed by atoms with Gasteiger partial charge in [-0.1, -0.05) is 0 Å². The Morgan fingerprint density at radius 2 is 2.04 bits per heavy atom. The zero-order valence-electron chi connectivity index (χ0n) is 12.6. The van der Waals surface area contributed by atoms with Gasteiger partial charge in [0.05, 0.1) is 18.6 Å². The lowest BCUT2D eigenvalue weighted by Gasteiger charge is -2.20. The fourth-order valence-electron chi connectivity index (χ4n) is 1.74. The number of nitrogens with one attached hydrogen (secondary N) is 1. The second kappa shape index (κ2) is 7.88. The second-order valence-electron chi connectivity index (χ2n) is 4.68. The third kappa shape index (κ3) is 6.20. The standard InChI is InChI=1S/C13H17FN2O6S/c1-22-6-5-16(8-12(17)18)13(19)9-3-4-10(14)11(7-9)15-23(2,20)21/h3-4,7,15H,5-6,8H2,1-2H3,(H,17,18). The van der Waals surface area contributed by atoms with E-state index < -0.39 is 34.3 Å². The summed E-state index contributed by atoms with van der Waals surface area (Å²) >= 11 is 0. The highest BCUT2D eigenvalue weighted by Gasteiger charge is 2.20. The molecule has 0 radical (unpaired) electrons. The molecular weight excluding hydrogens is 331 g/mol. The molecule has 0 saturated carbocycles. The monoisotopic (exact) mass is 348 g/mol. The van der Waals surface area contributed by atoms with E-state index in [0.717, 1.165) is 29.4 Å². The van der Waals surface area contributed by atoms with Crippen molar-refractivity contribution in [2.75, 3.05) is 37.8 Å². The minimum absolute atomic E-state index is 0.0217. The highest BCUT2D eigenvalue weighted by Crippen LogP contribution is 2.18. The zero-order chi connectivity index (χ0) is 17.6. The number of carbonyl (C=O) groups is 2. The van der Waals surface area contributed by atoms with Crippen molar-refractivity contribution >= 4 is 27.6 Å². The Labute approximate surface area is 132 Å². The third-order valence-electron chi connectivity index (χ3n) is 2.69. The van der Waals surface area contributed by atoms with Crippen LogP contribution in [0.1, 0.15) is 10.4 Å². The van der Waals surface area contributed by atoms with Crippen molar-refractivity contribution in [2.45, 2.75) is 0 Å². The summed E-state index contributed by atoms with van der Waals surface area (Å²) in [5.74, 6) is -2.75. The van der Waals surface area contributed by atoms with Gasteiger partial charge in [-0.05, 0) is 18.2 Å². The number of nitrogens with zero attached hydrogens (tertiary/aromatic N) is 1. The quantitative estimate of drug-likeness (QED) is 0.702. The van der Waals surface area contributed by atoms with Crippen LogP contribution in [0.5, 0.6) is 0 Å². The first-order valence-electron chi connectivity index (χ1n) is 6.41. The summed E-state index contributed by atoms with van der Waals surface area (Å²) < 4.78 is 42.7. The Balaban J connectivity index is 3.09. The van der Waals surface area contributed by atoms with E-state index in [0.29, 0.717) is 0 Å². The molecule has 1 rings (SSSR count). The maximum atomic E-state index is 13.6. The van der Waals surface area contributed by atoms with E-state index in [1.165, 1.54) is 7.11 Å². The first-order valence-corrected chi connectivity index (χ1v) is 8.30. The van der Waals surface area contributed by atoms with Crippen LogP contribution in [0.2, 0.25) is 0 Å². The van der Waals surface area contributed by atoms with Crippen LogP contribution in [0.4, 0.5) is 10.1 Å². The van der Waals surface area contributed by atoms with Gasteiger partial charge in [0.1, 0.15) is 12.4 Å². The molecule has 0 aliphatic carbocycles. The van der Waals surface area contributed by atoms with E-state index in [9.17, 15) is 22.4 Å². The third-order valence-corrected chi connectivity index (χ3v) is 3.28. The maximum Gasteiger partial charge on any atom is 0.323 e. The molecule has 0 bridgehead atoms. The molecule has 10 heteroatoms. The Morgan fingerprint density at radius 3 is 2.57 bits per heavy atom. The molecule has 0 unspecified atom stereocenters. The minimum Gasteiger partial charge on any atom is -0.480 e. The number of benzene rings is 1. The van der Waals surface area contributed by atoms with Crippen LogP contribution >= 0.6 is 0 Å². The van der Waals surface area contributed by atoms with E-state index in [1.54, 1.807) is 0 Å². The fraction of sp³-hybridized carbons (Fsp3) is 0.385. The smallest absolute Gasteiger partial charge is 0.323 e. The highest BCUT2D eigenvalue weighted by molar-refractivity contribution is 7.92. The van der Waals surface area contributed by atoms with Crippen molar-refractivity contribution < 1.29 is 32.2 Å². The summed E-state index contributed by atoms with van der Waals surface area (Å²) in [6.07, 6.45) is 0.844. The molecule has 0 atom stereocenters. The molecule has 0 heterocycles. The molecule has 8 nitrogen and oxygen atoms in total. The molecule has 0 spiro atoms. The lowest BCUT2D eigenvalue weighted by atomic mass is 10.1. The lowest BCUT2D eigenvalue weighted by molar-refractivity contribution is -0.137. The van der Waals surface area contributed by atoms with E-state index in [-0.39, 0.29) is 24.4 Å². The molecule has 1 amide bonds. The van der Waals surface area contributed by atoms with Gasteiger partial charge in [0.15, 0.2) is 0 Å². The molecule has 0 aliphatic heterocycles. The molecule has 2 N–H and O–H groups in total. The van der Waals surface area contributed by atoms with Gasteiger partial charge in [-0.15, -0.1) is 0 Å². The van der Waals surface area contributed by atoms with Gasteiger partial charge in [0.25, 0.3) is 5.91 Å². The Morgan fingerprint density at radius 1 is 1.39 bits per heavy atom. The number of methoxy groups -OCH3 is 1. The van der Waals surface area contributed by atoms with E-state index >= 15 is 0 Å². The average Bonchev–Trinajstić information content (AvgIpc) is 2.43. The predicted molar refractivity (Wildman–Crippen MR) is 80.3 cm³/mol. The summed E-state index contributed by atoms with van der Waals surface area (Å²) in [4.78, 5) is 24.2. The number of sulfonamides is 1. The van der Waals surface area contributed by atoms with E-state index in [2.05, 4.69) is 0 Å². The molecule has 0 aliphatic rings. The van der Waals surface area contributed by atoms with Crippen molar-refractivity contribution in [2.24, 2.45) is 0 Å². The topological polar surface area (TPSA) is 113 Å². The number of ether oxygens (including phenoxy) is 1. The Kier molecular flexibility index (Phi) is 6.46. The molecule has 128 valence electrons. The van der Waals surface area contributed by atoms with Crippen molar-refractivity contribution in [3.8, 4) is 0 Å². The van der Waals surface area contributed by atoms with Gasteiger partial charge < -0.3 is 14.7 Å². The first-order chi connectivity index (χ1) is 10.6. The van der Waals surface area contributed by atoms with Gasteiger partial charge in [-0.2, -0.15) is 0 Å². The largest absolute Gasteiger partial charge is 0.480 e. The summed E-state index contributed by atoms with van der Waals surface area (Å²) in [7, 11) is -2.33. The first kappa shape index (κ1) is 18.8. The van der Waals surface area contributed by atoms with Crippen molar-refractivity contribution in [1.29, 1.82) is 0 Å². The fourth-order valence-corrected chi connectivity index (χ4v) is 2.29. The van der Waals surface area contributed by atoms with Crippen LogP contribution in [0.25, 0.3) is 0 Å². The summed E-state index contributed by atoms with van der Waals surface area (Å²) in [6, 6.07) is 3.09. The van der Waals surface area contributed by atoms with Gasteiger partial charge in [-0.3, -0.25) is 14.3 Å². The van der Waals surface area contributed by atoms with Crippen molar-refractivity contribution in [3.63, 3.8) is 0 Å². The Hall–Kier alpha value is -2.20. The number of carboxylic acids is 1. The number of hydrogen-bond acceptors (Lipinski definition) is 5. The highest BCUT2D eigenvalue weighted by atomic mass is 32.2. The SMILES string of the molecule is COCCN(CC(=O)O)C(=O)c1ccc(F)c(NS(C)(=O)=O)c1. The van der Waals surface area contributed by atoms with Gasteiger partial charge in [-0.25, -0.2) is 12.8 Å². The predicted octanol–water partition coefficient (Wildman–Crippen LogP) is 0.370. The molecule has 0 aromatic heterocycles. The summed E-state index contributed by atoms with van der Waals surface area (Å²) in [6.45, 7) is -0.420. The van der Waals surface area contributed by atoms with Gasteiger partial charge in [0.2, 0.25) is 10.0 Å².